The molecule has 1 unspecified atom stereocenters. The number of hydrogen-bond acceptors (Lipinski definition) is 4. The van der Waals surface area contributed by atoms with Gasteiger partial charge >= 0.3 is 0 Å². The Balaban J connectivity index is 2.33. The molecule has 2 heterocycles. The molecule has 18 heavy (non-hydrogen) atoms. The topological polar surface area (TPSA) is 64.9 Å². The Bertz CT molecular complexity index is 493. The minimum atomic E-state index is 0.331. The minimum absolute atomic E-state index is 0.331. The van der Waals surface area contributed by atoms with Crippen LogP contribution < -0.4 is 5.73 Å². The molecule has 0 radical (unpaired) electrons. The first-order chi connectivity index (χ1) is 8.74. The van der Waals surface area contributed by atoms with E-state index in [0.717, 1.165) is 23.3 Å². The number of nitrogens with two attached hydrogens (primary N) is 1. The molecule has 0 aliphatic heterocycles. The van der Waals surface area contributed by atoms with Crippen LogP contribution in [0.2, 0.25) is 0 Å². The summed E-state index contributed by atoms with van der Waals surface area (Å²) in [6.07, 6.45) is 6.95. The molecule has 0 fully saturated rings. The zero-order valence-corrected chi connectivity index (χ0v) is 10.9. The van der Waals surface area contributed by atoms with Crippen molar-refractivity contribution in [3.8, 4) is 11.1 Å². The lowest BCUT2D eigenvalue weighted by Gasteiger charge is -2.09. The third-order valence-electron chi connectivity index (χ3n) is 3.15. The molecule has 0 aromatic carbocycles. The number of unbranched alkanes of at least 4 members (excludes halogenated alkanes) is 1. The molecule has 0 saturated heterocycles. The number of nitrogen functional groups attached to an aromatic ring is 1. The van der Waals surface area contributed by atoms with E-state index in [9.17, 15) is 0 Å². The summed E-state index contributed by atoms with van der Waals surface area (Å²) in [4.78, 5) is 4.02. The number of pyridine rings is 1. The second-order valence-corrected chi connectivity index (χ2v) is 4.59. The van der Waals surface area contributed by atoms with Gasteiger partial charge < -0.3 is 10.3 Å². The van der Waals surface area contributed by atoms with Crippen LogP contribution in [-0.2, 0) is 0 Å². The van der Waals surface area contributed by atoms with Gasteiger partial charge in [-0.1, -0.05) is 31.8 Å². The Morgan fingerprint density at radius 1 is 1.33 bits per heavy atom. The van der Waals surface area contributed by atoms with Crippen molar-refractivity contribution in [3.63, 3.8) is 0 Å². The number of rotatable bonds is 5. The predicted molar refractivity (Wildman–Crippen MR) is 72.1 cm³/mol. The van der Waals surface area contributed by atoms with E-state index < -0.39 is 0 Å². The van der Waals surface area contributed by atoms with Crippen molar-refractivity contribution in [2.24, 2.45) is 0 Å². The Kier molecular flexibility index (Phi) is 3.97. The van der Waals surface area contributed by atoms with Crippen LogP contribution in [0.1, 0.15) is 44.8 Å². The SMILES string of the molecule is CCCCC(C)c1onc(N)c1-c1ccncc1. The molecule has 4 nitrogen and oxygen atoms in total. The summed E-state index contributed by atoms with van der Waals surface area (Å²) in [6.45, 7) is 4.34. The maximum atomic E-state index is 5.91. The molecule has 0 saturated carbocycles. The molecule has 0 bridgehead atoms. The Morgan fingerprint density at radius 3 is 2.72 bits per heavy atom. The molecule has 0 amide bonds. The highest BCUT2D eigenvalue weighted by molar-refractivity contribution is 5.75. The number of aromatic nitrogens is 2. The molecule has 2 aromatic heterocycles. The highest BCUT2D eigenvalue weighted by Gasteiger charge is 2.20. The number of nitrogens with zero attached hydrogens (tertiary/aromatic N) is 2. The molecular weight excluding hydrogens is 226 g/mol. The monoisotopic (exact) mass is 245 g/mol. The van der Waals surface area contributed by atoms with Gasteiger partial charge in [-0.05, 0) is 24.1 Å². The van der Waals surface area contributed by atoms with Gasteiger partial charge in [0.15, 0.2) is 5.82 Å². The fourth-order valence-corrected chi connectivity index (χ4v) is 2.10. The summed E-state index contributed by atoms with van der Waals surface area (Å²) in [5.74, 6) is 1.67. The van der Waals surface area contributed by atoms with Crippen molar-refractivity contribution < 1.29 is 4.52 Å². The van der Waals surface area contributed by atoms with Gasteiger partial charge in [0.25, 0.3) is 0 Å². The highest BCUT2D eigenvalue weighted by Crippen LogP contribution is 2.35. The van der Waals surface area contributed by atoms with E-state index in [1.54, 1.807) is 12.4 Å². The van der Waals surface area contributed by atoms with Crippen molar-refractivity contribution in [1.82, 2.24) is 10.1 Å². The lowest BCUT2D eigenvalue weighted by molar-refractivity contribution is 0.360. The smallest absolute Gasteiger partial charge is 0.175 e. The van der Waals surface area contributed by atoms with Gasteiger partial charge in [0.1, 0.15) is 5.76 Å². The largest absolute Gasteiger partial charge is 0.380 e. The molecule has 0 aliphatic rings. The summed E-state index contributed by atoms with van der Waals surface area (Å²) in [7, 11) is 0. The van der Waals surface area contributed by atoms with E-state index in [1.165, 1.54) is 12.8 Å². The van der Waals surface area contributed by atoms with E-state index in [-0.39, 0.29) is 0 Å². The molecule has 0 aliphatic carbocycles. The third-order valence-corrected chi connectivity index (χ3v) is 3.15. The van der Waals surface area contributed by atoms with Crippen LogP contribution in [-0.4, -0.2) is 10.1 Å². The summed E-state index contributed by atoms with van der Waals surface area (Å²) in [5.41, 5.74) is 7.85. The number of anilines is 1. The van der Waals surface area contributed by atoms with Gasteiger partial charge in [0.2, 0.25) is 0 Å². The van der Waals surface area contributed by atoms with E-state index in [4.69, 9.17) is 10.3 Å². The summed E-state index contributed by atoms with van der Waals surface area (Å²) in [5, 5.41) is 3.90. The molecule has 2 aromatic rings. The van der Waals surface area contributed by atoms with Crippen LogP contribution in [0.4, 0.5) is 5.82 Å². The first-order valence-electron chi connectivity index (χ1n) is 6.39. The Hall–Kier alpha value is -1.84. The van der Waals surface area contributed by atoms with Crippen LogP contribution in [0, 0.1) is 0 Å². The lowest BCUT2D eigenvalue weighted by Crippen LogP contribution is -1.96. The standard InChI is InChI=1S/C14H19N3O/c1-3-4-5-10(2)13-12(14(15)17-18-13)11-6-8-16-9-7-11/h6-10H,3-5H2,1-2H3,(H2,15,17). The van der Waals surface area contributed by atoms with Gasteiger partial charge in [-0.25, -0.2) is 0 Å². The maximum Gasteiger partial charge on any atom is 0.175 e. The third kappa shape index (κ3) is 2.53. The van der Waals surface area contributed by atoms with E-state index in [1.807, 2.05) is 12.1 Å². The van der Waals surface area contributed by atoms with Crippen molar-refractivity contribution in [3.05, 3.63) is 30.3 Å². The van der Waals surface area contributed by atoms with Crippen LogP contribution in [0.5, 0.6) is 0 Å². The van der Waals surface area contributed by atoms with Crippen molar-refractivity contribution >= 4 is 5.82 Å². The predicted octanol–water partition coefficient (Wildman–Crippen LogP) is 3.61. The number of hydrogen-bond donors (Lipinski definition) is 1. The normalized spacial score (nSPS) is 12.6. The first kappa shape index (κ1) is 12.6. The van der Waals surface area contributed by atoms with Crippen molar-refractivity contribution in [2.75, 3.05) is 5.73 Å². The van der Waals surface area contributed by atoms with E-state index >= 15 is 0 Å². The summed E-state index contributed by atoms with van der Waals surface area (Å²) in [6, 6.07) is 3.86. The highest BCUT2D eigenvalue weighted by atomic mass is 16.5. The molecule has 96 valence electrons. The Labute approximate surface area is 107 Å². The lowest BCUT2D eigenvalue weighted by atomic mass is 9.95. The second-order valence-electron chi connectivity index (χ2n) is 4.59. The fourth-order valence-electron chi connectivity index (χ4n) is 2.10. The maximum absolute atomic E-state index is 5.91. The van der Waals surface area contributed by atoms with Gasteiger partial charge in [-0.15, -0.1) is 0 Å². The van der Waals surface area contributed by atoms with Crippen LogP contribution in [0.25, 0.3) is 11.1 Å². The average molecular weight is 245 g/mol. The van der Waals surface area contributed by atoms with Crippen LogP contribution >= 0.6 is 0 Å². The summed E-state index contributed by atoms with van der Waals surface area (Å²) < 4.78 is 5.41. The van der Waals surface area contributed by atoms with Gasteiger partial charge in [-0.2, -0.15) is 0 Å². The van der Waals surface area contributed by atoms with Gasteiger partial charge in [-0.3, -0.25) is 4.98 Å². The molecule has 0 spiro atoms. The molecule has 4 heteroatoms. The quantitative estimate of drug-likeness (QED) is 0.873. The van der Waals surface area contributed by atoms with E-state index in [0.29, 0.717) is 11.7 Å². The summed E-state index contributed by atoms with van der Waals surface area (Å²) >= 11 is 0. The molecular formula is C14H19N3O. The average Bonchev–Trinajstić information content (AvgIpc) is 2.79. The first-order valence-corrected chi connectivity index (χ1v) is 6.39. The second kappa shape index (κ2) is 5.67. The minimum Gasteiger partial charge on any atom is -0.380 e. The van der Waals surface area contributed by atoms with Gasteiger partial charge in [0, 0.05) is 18.3 Å². The van der Waals surface area contributed by atoms with Crippen LogP contribution in [0.15, 0.2) is 29.0 Å². The van der Waals surface area contributed by atoms with Crippen LogP contribution in [0.3, 0.4) is 0 Å². The van der Waals surface area contributed by atoms with Crippen molar-refractivity contribution in [1.29, 1.82) is 0 Å². The fraction of sp³-hybridized carbons (Fsp3) is 0.429. The van der Waals surface area contributed by atoms with Crippen molar-refractivity contribution in [2.45, 2.75) is 39.0 Å². The molecule has 2 rings (SSSR count). The van der Waals surface area contributed by atoms with E-state index in [2.05, 4.69) is 24.0 Å². The zero-order valence-electron chi connectivity index (χ0n) is 10.9. The zero-order chi connectivity index (χ0) is 13.0. The Morgan fingerprint density at radius 2 is 2.06 bits per heavy atom. The molecule has 1 atom stereocenters. The molecule has 2 N–H and O–H groups in total. The van der Waals surface area contributed by atoms with Gasteiger partial charge in [0.05, 0.1) is 5.56 Å².